The second-order valence-corrected chi connectivity index (χ2v) is 5.72. The van der Waals surface area contributed by atoms with Gasteiger partial charge in [-0.1, -0.05) is 12.1 Å². The van der Waals surface area contributed by atoms with Gasteiger partial charge < -0.3 is 4.74 Å². The minimum atomic E-state index is -3.64. The average molecular weight is 280 g/mol. The highest BCUT2D eigenvalue weighted by Gasteiger charge is 2.23. The van der Waals surface area contributed by atoms with E-state index in [1.165, 1.54) is 29.6 Å². The second kappa shape index (κ2) is 7.04. The zero-order chi connectivity index (χ0) is 14.3. The van der Waals surface area contributed by atoms with E-state index in [0.717, 1.165) is 0 Å². The summed E-state index contributed by atoms with van der Waals surface area (Å²) in [7, 11) is -2.13. The van der Waals surface area contributed by atoms with E-state index in [0.29, 0.717) is 12.2 Å². The van der Waals surface area contributed by atoms with Crippen molar-refractivity contribution >= 4 is 10.0 Å². The van der Waals surface area contributed by atoms with Crippen molar-refractivity contribution in [3.63, 3.8) is 0 Å². The Morgan fingerprint density at radius 3 is 2.84 bits per heavy atom. The van der Waals surface area contributed by atoms with Crippen molar-refractivity contribution < 1.29 is 13.2 Å². The molecule has 0 unspecified atom stereocenters. The van der Waals surface area contributed by atoms with Crippen LogP contribution in [0.2, 0.25) is 0 Å². The molecule has 0 aliphatic carbocycles. The largest absolute Gasteiger partial charge is 0.383 e. The Labute approximate surface area is 113 Å². The maximum Gasteiger partial charge on any atom is 0.243 e. The molecule has 1 rings (SSSR count). The Bertz CT molecular complexity index is 576. The highest BCUT2D eigenvalue weighted by atomic mass is 32.2. The van der Waals surface area contributed by atoms with Gasteiger partial charge in [0, 0.05) is 20.2 Å². The van der Waals surface area contributed by atoms with E-state index >= 15 is 0 Å². The highest BCUT2D eigenvalue weighted by molar-refractivity contribution is 7.89. The van der Waals surface area contributed by atoms with Gasteiger partial charge in [-0.2, -0.15) is 9.57 Å². The molecule has 6 heteroatoms. The molecule has 1 aromatic carbocycles. The molecule has 0 saturated carbocycles. The molecule has 5 nitrogen and oxygen atoms in total. The predicted molar refractivity (Wildman–Crippen MR) is 72.0 cm³/mol. The van der Waals surface area contributed by atoms with Gasteiger partial charge in [0.1, 0.15) is 0 Å². The second-order valence-electron chi connectivity index (χ2n) is 3.78. The number of sulfonamides is 1. The molecule has 1 aromatic rings. The van der Waals surface area contributed by atoms with Gasteiger partial charge in [0.05, 0.1) is 23.1 Å². The Balaban J connectivity index is 3.11. The molecule has 0 heterocycles. The summed E-state index contributed by atoms with van der Waals surface area (Å²) in [5.41, 5.74) is 0.311. The Kier molecular flexibility index (Phi) is 5.70. The van der Waals surface area contributed by atoms with Crippen molar-refractivity contribution in [2.45, 2.75) is 4.90 Å². The molecule has 102 valence electrons. The van der Waals surface area contributed by atoms with Crippen molar-refractivity contribution in [3.8, 4) is 6.07 Å². The summed E-state index contributed by atoms with van der Waals surface area (Å²) < 4.78 is 31.0. The molecule has 0 bridgehead atoms. The quantitative estimate of drug-likeness (QED) is 0.707. The van der Waals surface area contributed by atoms with E-state index in [9.17, 15) is 8.42 Å². The number of hydrogen-bond donors (Lipinski definition) is 0. The number of nitrogens with zero attached hydrogens (tertiary/aromatic N) is 2. The summed E-state index contributed by atoms with van der Waals surface area (Å²) >= 11 is 0. The minimum absolute atomic E-state index is 0.101. The molecule has 0 N–H and O–H groups in total. The molecule has 0 amide bonds. The molecule has 0 fully saturated rings. The van der Waals surface area contributed by atoms with Gasteiger partial charge in [-0.3, -0.25) is 0 Å². The molecule has 0 aliphatic rings. The third-order valence-corrected chi connectivity index (χ3v) is 4.34. The van der Waals surface area contributed by atoms with E-state index in [4.69, 9.17) is 10.00 Å². The van der Waals surface area contributed by atoms with Crippen molar-refractivity contribution in [2.24, 2.45) is 0 Å². The number of benzene rings is 1. The van der Waals surface area contributed by atoms with Crippen LogP contribution >= 0.6 is 0 Å². The van der Waals surface area contributed by atoms with Crippen LogP contribution in [0.5, 0.6) is 0 Å². The first-order chi connectivity index (χ1) is 9.06. The van der Waals surface area contributed by atoms with Crippen molar-refractivity contribution in [1.82, 2.24) is 4.31 Å². The molecule has 19 heavy (non-hydrogen) atoms. The van der Waals surface area contributed by atoms with Crippen LogP contribution in [0.25, 0.3) is 0 Å². The van der Waals surface area contributed by atoms with E-state index in [2.05, 4.69) is 6.58 Å². The van der Waals surface area contributed by atoms with Crippen LogP contribution < -0.4 is 0 Å². The van der Waals surface area contributed by atoms with Crippen LogP contribution in [-0.4, -0.2) is 39.5 Å². The van der Waals surface area contributed by atoms with Crippen LogP contribution in [0, 0.1) is 11.3 Å². The average Bonchev–Trinajstić information content (AvgIpc) is 2.43. The zero-order valence-corrected chi connectivity index (χ0v) is 11.6. The monoisotopic (exact) mass is 280 g/mol. The van der Waals surface area contributed by atoms with Crippen LogP contribution in [0.3, 0.4) is 0 Å². The van der Waals surface area contributed by atoms with E-state index < -0.39 is 10.0 Å². The number of hydrogen-bond acceptors (Lipinski definition) is 4. The Hall–Kier alpha value is -1.68. The molecular weight excluding hydrogens is 264 g/mol. The Morgan fingerprint density at radius 2 is 2.26 bits per heavy atom. The molecule has 0 radical (unpaired) electrons. The molecule has 0 saturated heterocycles. The van der Waals surface area contributed by atoms with Gasteiger partial charge in [0.2, 0.25) is 10.0 Å². The standard InChI is InChI=1S/C13H16N2O3S/c1-3-7-15(8-9-18-2)19(16,17)13-6-4-5-12(10-13)11-14/h3-6,10H,1,7-9H2,2H3. The summed E-state index contributed by atoms with van der Waals surface area (Å²) in [6.45, 7) is 4.28. The summed E-state index contributed by atoms with van der Waals surface area (Å²) in [6, 6.07) is 7.87. The van der Waals surface area contributed by atoms with Gasteiger partial charge in [-0.25, -0.2) is 8.42 Å². The lowest BCUT2D eigenvalue weighted by atomic mass is 10.2. The fourth-order valence-corrected chi connectivity index (χ4v) is 2.96. The minimum Gasteiger partial charge on any atom is -0.383 e. The number of nitriles is 1. The first-order valence-corrected chi connectivity index (χ1v) is 7.10. The van der Waals surface area contributed by atoms with Crippen molar-refractivity contribution in [2.75, 3.05) is 26.8 Å². The number of methoxy groups -OCH3 is 1. The number of rotatable bonds is 7. The lowest BCUT2D eigenvalue weighted by Gasteiger charge is -2.20. The molecule has 0 atom stereocenters. The maximum absolute atomic E-state index is 12.4. The first kappa shape index (κ1) is 15.4. The Morgan fingerprint density at radius 1 is 1.53 bits per heavy atom. The maximum atomic E-state index is 12.4. The molecule has 0 aliphatic heterocycles. The van der Waals surface area contributed by atoms with Crippen LogP contribution in [-0.2, 0) is 14.8 Å². The lowest BCUT2D eigenvalue weighted by molar-refractivity contribution is 0.182. The normalized spacial score (nSPS) is 11.2. The fourth-order valence-electron chi connectivity index (χ4n) is 1.52. The topological polar surface area (TPSA) is 70.4 Å². The highest BCUT2D eigenvalue weighted by Crippen LogP contribution is 2.16. The molecule has 0 aromatic heterocycles. The smallest absolute Gasteiger partial charge is 0.243 e. The summed E-state index contributed by atoms with van der Waals surface area (Å²) in [5.74, 6) is 0. The third kappa shape index (κ3) is 3.89. The van der Waals surface area contributed by atoms with Gasteiger partial charge in [0.15, 0.2) is 0 Å². The van der Waals surface area contributed by atoms with Gasteiger partial charge >= 0.3 is 0 Å². The molecular formula is C13H16N2O3S. The summed E-state index contributed by atoms with van der Waals surface area (Å²) in [4.78, 5) is 0.101. The van der Waals surface area contributed by atoms with Gasteiger partial charge in [-0.05, 0) is 18.2 Å². The van der Waals surface area contributed by atoms with Crippen LogP contribution in [0.15, 0.2) is 41.8 Å². The molecule has 0 spiro atoms. The number of ether oxygens (including phenoxy) is 1. The zero-order valence-electron chi connectivity index (χ0n) is 10.7. The van der Waals surface area contributed by atoms with E-state index in [1.807, 2.05) is 6.07 Å². The SMILES string of the molecule is C=CCN(CCOC)S(=O)(=O)c1cccc(C#N)c1. The van der Waals surface area contributed by atoms with Crippen LogP contribution in [0.4, 0.5) is 0 Å². The van der Waals surface area contributed by atoms with Gasteiger partial charge in [0.25, 0.3) is 0 Å². The van der Waals surface area contributed by atoms with Crippen LogP contribution in [0.1, 0.15) is 5.56 Å². The van der Waals surface area contributed by atoms with Crippen molar-refractivity contribution in [1.29, 1.82) is 5.26 Å². The fraction of sp³-hybridized carbons (Fsp3) is 0.308. The first-order valence-electron chi connectivity index (χ1n) is 5.66. The van der Waals surface area contributed by atoms with E-state index in [-0.39, 0.29) is 18.0 Å². The summed E-state index contributed by atoms with van der Waals surface area (Å²) in [6.07, 6.45) is 1.52. The lowest BCUT2D eigenvalue weighted by Crippen LogP contribution is -2.34. The third-order valence-electron chi connectivity index (χ3n) is 2.48. The van der Waals surface area contributed by atoms with E-state index in [1.54, 1.807) is 12.1 Å². The predicted octanol–water partition coefficient (Wildman–Crippen LogP) is 1.38. The van der Waals surface area contributed by atoms with Crippen molar-refractivity contribution in [3.05, 3.63) is 42.5 Å². The summed E-state index contributed by atoms with van der Waals surface area (Å²) in [5, 5.41) is 8.82. The van der Waals surface area contributed by atoms with Gasteiger partial charge in [-0.15, -0.1) is 6.58 Å².